The van der Waals surface area contributed by atoms with Crippen LogP contribution in [-0.2, 0) is 4.79 Å². The molecule has 1 amide bonds. The molecule has 0 aromatic heterocycles. The van der Waals surface area contributed by atoms with E-state index in [1.807, 2.05) is 26.8 Å². The molecule has 1 rings (SSSR count). The highest BCUT2D eigenvalue weighted by Gasteiger charge is 2.07. The Bertz CT molecular complexity index is 498. The molecule has 1 aromatic rings. The zero-order chi connectivity index (χ0) is 15.8. The van der Waals surface area contributed by atoms with Gasteiger partial charge < -0.3 is 20.5 Å². The highest BCUT2D eigenvalue weighted by molar-refractivity contribution is 5.92. The van der Waals surface area contributed by atoms with Gasteiger partial charge in [-0.1, -0.05) is 6.07 Å². The topological polar surface area (TPSA) is 75.8 Å². The summed E-state index contributed by atoms with van der Waals surface area (Å²) in [4.78, 5) is 13.5. The van der Waals surface area contributed by atoms with Crippen LogP contribution in [0.4, 0.5) is 5.69 Å². The standard InChI is InChI=1S/C16H24N2O3/c1-4-18(9-10-19)16(20)8-6-13-5-7-15(14(17)11-13)21-12(2)3/h5-8,11-12,19H,4,9-10,17H2,1-3H3/b8-6-. The highest BCUT2D eigenvalue weighted by Crippen LogP contribution is 2.24. The summed E-state index contributed by atoms with van der Waals surface area (Å²) in [5, 5.41) is 8.89. The number of aliphatic hydroxyl groups is 1. The summed E-state index contributed by atoms with van der Waals surface area (Å²) in [5.74, 6) is 0.511. The van der Waals surface area contributed by atoms with Crippen molar-refractivity contribution in [3.05, 3.63) is 29.8 Å². The molecule has 5 nitrogen and oxygen atoms in total. The van der Waals surface area contributed by atoms with Gasteiger partial charge in [-0.2, -0.15) is 0 Å². The maximum absolute atomic E-state index is 11.9. The third-order valence-corrected chi connectivity index (χ3v) is 2.88. The first kappa shape index (κ1) is 17.0. The molecular weight excluding hydrogens is 268 g/mol. The van der Waals surface area contributed by atoms with Crippen LogP contribution in [0.3, 0.4) is 0 Å². The van der Waals surface area contributed by atoms with Gasteiger partial charge in [-0.25, -0.2) is 0 Å². The van der Waals surface area contributed by atoms with Gasteiger partial charge in [-0.15, -0.1) is 0 Å². The number of aliphatic hydroxyl groups excluding tert-OH is 1. The largest absolute Gasteiger partial charge is 0.489 e. The fraction of sp³-hybridized carbons (Fsp3) is 0.438. The van der Waals surface area contributed by atoms with E-state index in [1.54, 1.807) is 23.1 Å². The number of hydrogen-bond acceptors (Lipinski definition) is 4. The first-order chi connectivity index (χ1) is 9.97. The van der Waals surface area contributed by atoms with Gasteiger partial charge in [-0.3, -0.25) is 4.79 Å². The van der Waals surface area contributed by atoms with Crippen LogP contribution in [0, 0.1) is 0 Å². The minimum atomic E-state index is -0.132. The molecule has 0 unspecified atom stereocenters. The van der Waals surface area contributed by atoms with E-state index in [2.05, 4.69) is 0 Å². The molecule has 0 radical (unpaired) electrons. The average Bonchev–Trinajstić information content (AvgIpc) is 2.44. The number of benzene rings is 1. The van der Waals surface area contributed by atoms with E-state index in [-0.39, 0.29) is 18.6 Å². The van der Waals surface area contributed by atoms with Crippen molar-refractivity contribution < 1.29 is 14.6 Å². The number of rotatable bonds is 7. The van der Waals surface area contributed by atoms with Crippen molar-refractivity contribution in [2.24, 2.45) is 0 Å². The molecule has 0 saturated heterocycles. The lowest BCUT2D eigenvalue weighted by atomic mass is 10.1. The molecule has 0 atom stereocenters. The Labute approximate surface area is 126 Å². The van der Waals surface area contributed by atoms with Gasteiger partial charge in [0.15, 0.2) is 0 Å². The summed E-state index contributed by atoms with van der Waals surface area (Å²) in [6.07, 6.45) is 3.25. The van der Waals surface area contributed by atoms with Crippen molar-refractivity contribution in [1.82, 2.24) is 4.90 Å². The number of nitrogens with zero attached hydrogens (tertiary/aromatic N) is 1. The third kappa shape index (κ3) is 5.47. The first-order valence-electron chi connectivity index (χ1n) is 7.12. The predicted molar refractivity (Wildman–Crippen MR) is 85.0 cm³/mol. The summed E-state index contributed by atoms with van der Waals surface area (Å²) in [5.41, 5.74) is 7.30. The van der Waals surface area contributed by atoms with Crippen LogP contribution in [0.1, 0.15) is 26.3 Å². The second-order valence-corrected chi connectivity index (χ2v) is 4.94. The SMILES string of the molecule is CCN(CCO)C(=O)/C=C\c1ccc(OC(C)C)c(N)c1. The van der Waals surface area contributed by atoms with Gasteiger partial charge >= 0.3 is 0 Å². The van der Waals surface area contributed by atoms with Crippen LogP contribution in [-0.4, -0.2) is 41.7 Å². The van der Waals surface area contributed by atoms with Crippen molar-refractivity contribution in [1.29, 1.82) is 0 Å². The van der Waals surface area contributed by atoms with Crippen molar-refractivity contribution in [3.63, 3.8) is 0 Å². The summed E-state index contributed by atoms with van der Waals surface area (Å²) < 4.78 is 5.56. The molecule has 0 spiro atoms. The van der Waals surface area contributed by atoms with E-state index >= 15 is 0 Å². The fourth-order valence-electron chi connectivity index (χ4n) is 1.85. The Hall–Kier alpha value is -2.01. The van der Waals surface area contributed by atoms with Crippen molar-refractivity contribution in [3.8, 4) is 5.75 Å². The summed E-state index contributed by atoms with van der Waals surface area (Å²) in [7, 11) is 0. The minimum absolute atomic E-state index is 0.0401. The first-order valence-corrected chi connectivity index (χ1v) is 7.12. The third-order valence-electron chi connectivity index (χ3n) is 2.88. The van der Waals surface area contributed by atoms with Crippen LogP contribution >= 0.6 is 0 Å². The highest BCUT2D eigenvalue weighted by atomic mass is 16.5. The lowest BCUT2D eigenvalue weighted by Crippen LogP contribution is -2.31. The monoisotopic (exact) mass is 292 g/mol. The molecule has 1 aromatic carbocycles. The second kappa shape index (κ2) is 8.32. The van der Waals surface area contributed by atoms with Gasteiger partial charge in [0, 0.05) is 19.2 Å². The Morgan fingerprint density at radius 2 is 2.19 bits per heavy atom. The summed E-state index contributed by atoms with van der Waals surface area (Å²) in [6.45, 7) is 6.61. The summed E-state index contributed by atoms with van der Waals surface area (Å²) >= 11 is 0. The zero-order valence-electron chi connectivity index (χ0n) is 12.9. The molecule has 116 valence electrons. The van der Waals surface area contributed by atoms with E-state index in [1.165, 1.54) is 6.08 Å². The van der Waals surface area contributed by atoms with E-state index < -0.39 is 0 Å². The molecule has 0 fully saturated rings. The van der Waals surface area contributed by atoms with Gasteiger partial charge in [-0.05, 0) is 44.5 Å². The van der Waals surface area contributed by atoms with Crippen LogP contribution in [0.15, 0.2) is 24.3 Å². The number of amides is 1. The van der Waals surface area contributed by atoms with E-state index in [0.717, 1.165) is 5.56 Å². The van der Waals surface area contributed by atoms with Gasteiger partial charge in [0.2, 0.25) is 5.91 Å². The number of nitrogens with two attached hydrogens (primary N) is 1. The lowest BCUT2D eigenvalue weighted by Gasteiger charge is -2.17. The van der Waals surface area contributed by atoms with Crippen LogP contribution < -0.4 is 10.5 Å². The minimum Gasteiger partial charge on any atom is -0.489 e. The number of anilines is 1. The molecule has 5 heteroatoms. The lowest BCUT2D eigenvalue weighted by molar-refractivity contribution is -0.126. The maximum Gasteiger partial charge on any atom is 0.246 e. The van der Waals surface area contributed by atoms with E-state index in [0.29, 0.717) is 24.5 Å². The zero-order valence-corrected chi connectivity index (χ0v) is 12.9. The molecule has 21 heavy (non-hydrogen) atoms. The molecule has 0 aliphatic heterocycles. The van der Waals surface area contributed by atoms with Gasteiger partial charge in [0.25, 0.3) is 0 Å². The van der Waals surface area contributed by atoms with Crippen LogP contribution in [0.5, 0.6) is 5.75 Å². The second-order valence-electron chi connectivity index (χ2n) is 4.94. The van der Waals surface area contributed by atoms with Crippen molar-refractivity contribution in [2.75, 3.05) is 25.4 Å². The normalized spacial score (nSPS) is 11.1. The number of carbonyl (C=O) groups excluding carboxylic acids is 1. The number of ether oxygens (including phenoxy) is 1. The smallest absolute Gasteiger partial charge is 0.246 e. The number of nitrogen functional groups attached to an aromatic ring is 1. The molecule has 0 aliphatic rings. The quantitative estimate of drug-likeness (QED) is 0.594. The number of carbonyl (C=O) groups is 1. The Morgan fingerprint density at radius 3 is 2.71 bits per heavy atom. The maximum atomic E-state index is 11.9. The van der Waals surface area contributed by atoms with Gasteiger partial charge in [0.05, 0.1) is 18.4 Å². The Morgan fingerprint density at radius 1 is 1.48 bits per heavy atom. The number of likely N-dealkylation sites (N-methyl/N-ethyl adjacent to an activating group) is 1. The van der Waals surface area contributed by atoms with Crippen LogP contribution in [0.2, 0.25) is 0 Å². The average molecular weight is 292 g/mol. The number of hydrogen-bond donors (Lipinski definition) is 2. The molecule has 0 saturated carbocycles. The molecule has 0 aliphatic carbocycles. The Kier molecular flexibility index (Phi) is 6.75. The molecular formula is C16H24N2O3. The fourth-order valence-corrected chi connectivity index (χ4v) is 1.85. The van der Waals surface area contributed by atoms with E-state index in [9.17, 15) is 4.79 Å². The van der Waals surface area contributed by atoms with Crippen molar-refractivity contribution >= 4 is 17.7 Å². The molecule has 0 bridgehead atoms. The summed E-state index contributed by atoms with van der Waals surface area (Å²) in [6, 6.07) is 5.41. The van der Waals surface area contributed by atoms with Gasteiger partial charge in [0.1, 0.15) is 5.75 Å². The van der Waals surface area contributed by atoms with E-state index in [4.69, 9.17) is 15.6 Å². The molecule has 3 N–H and O–H groups in total. The molecule has 0 heterocycles. The van der Waals surface area contributed by atoms with Crippen molar-refractivity contribution in [2.45, 2.75) is 26.9 Å². The predicted octanol–water partition coefficient (Wildman–Crippen LogP) is 1.91. The Balaban J connectivity index is 2.76. The van der Waals surface area contributed by atoms with Crippen LogP contribution in [0.25, 0.3) is 6.08 Å².